The molecule has 2 aromatic rings. The van der Waals surface area contributed by atoms with Gasteiger partial charge in [0, 0.05) is 18.8 Å². The zero-order valence-corrected chi connectivity index (χ0v) is 14.6. The van der Waals surface area contributed by atoms with E-state index in [0.29, 0.717) is 6.54 Å². The Balaban J connectivity index is 1.74. The standard InChI is InChI=1S/C21H28N2O/c1-2-3-6-14-24-19-10-7-9-18(15-19)21(16-22)23-13-12-17-8-4-5-11-20(17)23/h4-5,7-11,15,21H,2-3,6,12-14,16,22H2,1H3. The lowest BCUT2D eigenvalue weighted by molar-refractivity contribution is 0.306. The van der Waals surface area contributed by atoms with Crippen LogP contribution in [0.15, 0.2) is 48.5 Å². The molecule has 1 heterocycles. The summed E-state index contributed by atoms with van der Waals surface area (Å²) in [6, 6.07) is 17.3. The van der Waals surface area contributed by atoms with Crippen LogP contribution in [0.2, 0.25) is 0 Å². The number of hydrogen-bond acceptors (Lipinski definition) is 3. The fraction of sp³-hybridized carbons (Fsp3) is 0.429. The second kappa shape index (κ2) is 8.20. The van der Waals surface area contributed by atoms with E-state index in [1.54, 1.807) is 0 Å². The highest BCUT2D eigenvalue weighted by Crippen LogP contribution is 2.35. The average molecular weight is 324 g/mol. The van der Waals surface area contributed by atoms with Crippen molar-refractivity contribution in [3.8, 4) is 5.75 Å². The molecule has 1 aliphatic heterocycles. The molecule has 0 aliphatic carbocycles. The Morgan fingerprint density at radius 3 is 2.83 bits per heavy atom. The Morgan fingerprint density at radius 2 is 2.00 bits per heavy atom. The molecule has 0 saturated heterocycles. The van der Waals surface area contributed by atoms with E-state index in [1.165, 1.54) is 29.7 Å². The van der Waals surface area contributed by atoms with Crippen molar-refractivity contribution in [2.45, 2.75) is 38.6 Å². The summed E-state index contributed by atoms with van der Waals surface area (Å²) in [6.07, 6.45) is 4.64. The van der Waals surface area contributed by atoms with E-state index in [-0.39, 0.29) is 6.04 Å². The lowest BCUT2D eigenvalue weighted by Crippen LogP contribution is -2.32. The zero-order valence-electron chi connectivity index (χ0n) is 14.6. The molecule has 0 radical (unpaired) electrons. The second-order valence-corrected chi connectivity index (χ2v) is 6.45. The number of anilines is 1. The quantitative estimate of drug-likeness (QED) is 0.735. The molecule has 1 unspecified atom stereocenters. The van der Waals surface area contributed by atoms with Gasteiger partial charge in [0.05, 0.1) is 12.6 Å². The van der Waals surface area contributed by atoms with Gasteiger partial charge in [-0.2, -0.15) is 0 Å². The van der Waals surface area contributed by atoms with Crippen LogP contribution in [0.25, 0.3) is 0 Å². The summed E-state index contributed by atoms with van der Waals surface area (Å²) in [5, 5.41) is 0. The summed E-state index contributed by atoms with van der Waals surface area (Å²) in [6.45, 7) is 4.63. The fourth-order valence-electron chi connectivity index (χ4n) is 3.48. The van der Waals surface area contributed by atoms with Crippen molar-refractivity contribution in [3.05, 3.63) is 59.7 Å². The zero-order chi connectivity index (χ0) is 16.8. The van der Waals surface area contributed by atoms with Crippen molar-refractivity contribution in [2.24, 2.45) is 5.73 Å². The topological polar surface area (TPSA) is 38.5 Å². The summed E-state index contributed by atoms with van der Waals surface area (Å²) in [5.41, 5.74) is 10.1. The van der Waals surface area contributed by atoms with Crippen LogP contribution in [0.5, 0.6) is 5.75 Å². The molecule has 0 amide bonds. The first-order valence-corrected chi connectivity index (χ1v) is 9.11. The van der Waals surface area contributed by atoms with Gasteiger partial charge in [-0.25, -0.2) is 0 Å². The predicted octanol–water partition coefficient (Wildman–Crippen LogP) is 4.32. The van der Waals surface area contributed by atoms with E-state index in [0.717, 1.165) is 31.7 Å². The van der Waals surface area contributed by atoms with Crippen LogP contribution in [0.3, 0.4) is 0 Å². The summed E-state index contributed by atoms with van der Waals surface area (Å²) in [5.74, 6) is 0.953. The molecule has 1 aliphatic rings. The van der Waals surface area contributed by atoms with Gasteiger partial charge in [-0.1, -0.05) is 50.1 Å². The molecule has 3 heteroatoms. The van der Waals surface area contributed by atoms with Crippen LogP contribution in [-0.4, -0.2) is 19.7 Å². The molecule has 0 bridgehead atoms. The normalized spacial score (nSPS) is 14.5. The minimum atomic E-state index is 0.202. The first-order chi connectivity index (χ1) is 11.8. The molecular formula is C21H28N2O. The number of unbranched alkanes of at least 4 members (excludes halogenated alkanes) is 2. The monoisotopic (exact) mass is 324 g/mol. The molecule has 0 fully saturated rings. The molecular weight excluding hydrogens is 296 g/mol. The number of ether oxygens (including phenoxy) is 1. The van der Waals surface area contributed by atoms with E-state index in [1.807, 2.05) is 6.07 Å². The summed E-state index contributed by atoms with van der Waals surface area (Å²) >= 11 is 0. The highest BCUT2D eigenvalue weighted by atomic mass is 16.5. The number of para-hydroxylation sites is 1. The molecule has 3 nitrogen and oxygen atoms in total. The average Bonchev–Trinajstić information content (AvgIpc) is 3.04. The second-order valence-electron chi connectivity index (χ2n) is 6.45. The number of rotatable bonds is 8. The lowest BCUT2D eigenvalue weighted by Gasteiger charge is -2.30. The van der Waals surface area contributed by atoms with Gasteiger partial charge in [0.15, 0.2) is 0 Å². The van der Waals surface area contributed by atoms with Gasteiger partial charge in [0.25, 0.3) is 0 Å². The lowest BCUT2D eigenvalue weighted by atomic mass is 10.0. The van der Waals surface area contributed by atoms with Crippen LogP contribution < -0.4 is 15.4 Å². The Kier molecular flexibility index (Phi) is 5.76. The molecule has 2 aromatic carbocycles. The Labute approximate surface area is 145 Å². The third-order valence-electron chi connectivity index (χ3n) is 4.78. The molecule has 0 spiro atoms. The summed E-state index contributed by atoms with van der Waals surface area (Å²) < 4.78 is 5.92. The van der Waals surface area contributed by atoms with E-state index in [4.69, 9.17) is 10.5 Å². The SMILES string of the molecule is CCCCCOc1cccc(C(CN)N2CCc3ccccc32)c1. The Morgan fingerprint density at radius 1 is 1.12 bits per heavy atom. The van der Waals surface area contributed by atoms with Crippen molar-refractivity contribution in [3.63, 3.8) is 0 Å². The molecule has 128 valence electrons. The fourth-order valence-corrected chi connectivity index (χ4v) is 3.48. The molecule has 1 atom stereocenters. The van der Waals surface area contributed by atoms with Crippen molar-refractivity contribution in [2.75, 3.05) is 24.6 Å². The van der Waals surface area contributed by atoms with Crippen LogP contribution in [0.4, 0.5) is 5.69 Å². The minimum absolute atomic E-state index is 0.202. The third kappa shape index (κ3) is 3.73. The Bertz CT molecular complexity index is 656. The smallest absolute Gasteiger partial charge is 0.119 e. The number of nitrogens with zero attached hydrogens (tertiary/aromatic N) is 1. The predicted molar refractivity (Wildman–Crippen MR) is 101 cm³/mol. The highest BCUT2D eigenvalue weighted by molar-refractivity contribution is 5.59. The van der Waals surface area contributed by atoms with Gasteiger partial charge < -0.3 is 15.4 Å². The Hall–Kier alpha value is -2.00. The van der Waals surface area contributed by atoms with Gasteiger partial charge in [0.2, 0.25) is 0 Å². The summed E-state index contributed by atoms with van der Waals surface area (Å²) in [7, 11) is 0. The molecule has 0 saturated carbocycles. The number of nitrogens with two attached hydrogens (primary N) is 1. The van der Waals surface area contributed by atoms with Gasteiger partial charge in [0.1, 0.15) is 5.75 Å². The van der Waals surface area contributed by atoms with Crippen molar-refractivity contribution >= 4 is 5.69 Å². The first-order valence-electron chi connectivity index (χ1n) is 9.11. The highest BCUT2D eigenvalue weighted by Gasteiger charge is 2.26. The number of benzene rings is 2. The van der Waals surface area contributed by atoms with Crippen LogP contribution in [0, 0.1) is 0 Å². The van der Waals surface area contributed by atoms with E-state index in [9.17, 15) is 0 Å². The van der Waals surface area contributed by atoms with E-state index < -0.39 is 0 Å². The maximum absolute atomic E-state index is 6.15. The maximum Gasteiger partial charge on any atom is 0.119 e. The van der Waals surface area contributed by atoms with Crippen molar-refractivity contribution in [1.29, 1.82) is 0 Å². The van der Waals surface area contributed by atoms with E-state index >= 15 is 0 Å². The van der Waals surface area contributed by atoms with Crippen molar-refractivity contribution < 1.29 is 4.74 Å². The van der Waals surface area contributed by atoms with Gasteiger partial charge in [-0.15, -0.1) is 0 Å². The van der Waals surface area contributed by atoms with Crippen LogP contribution >= 0.6 is 0 Å². The molecule has 3 rings (SSSR count). The van der Waals surface area contributed by atoms with Crippen molar-refractivity contribution in [1.82, 2.24) is 0 Å². The number of hydrogen-bond donors (Lipinski definition) is 1. The number of fused-ring (bicyclic) bond motifs is 1. The van der Waals surface area contributed by atoms with Gasteiger partial charge >= 0.3 is 0 Å². The third-order valence-corrected chi connectivity index (χ3v) is 4.78. The largest absolute Gasteiger partial charge is 0.494 e. The molecule has 24 heavy (non-hydrogen) atoms. The van der Waals surface area contributed by atoms with Gasteiger partial charge in [-0.3, -0.25) is 0 Å². The van der Waals surface area contributed by atoms with Gasteiger partial charge in [-0.05, 0) is 42.2 Å². The molecule has 0 aromatic heterocycles. The van der Waals surface area contributed by atoms with E-state index in [2.05, 4.69) is 54.3 Å². The maximum atomic E-state index is 6.15. The van der Waals surface area contributed by atoms with Crippen LogP contribution in [0.1, 0.15) is 43.4 Å². The summed E-state index contributed by atoms with van der Waals surface area (Å²) in [4.78, 5) is 2.44. The van der Waals surface area contributed by atoms with Crippen LogP contribution in [-0.2, 0) is 6.42 Å². The molecule has 2 N–H and O–H groups in total. The minimum Gasteiger partial charge on any atom is -0.494 e. The first kappa shape index (κ1) is 16.8.